The lowest BCUT2D eigenvalue weighted by Gasteiger charge is -2.13. The number of nitriles is 1. The van der Waals surface area contributed by atoms with Gasteiger partial charge >= 0.3 is 0 Å². The molecule has 104 valence electrons. The van der Waals surface area contributed by atoms with E-state index >= 15 is 0 Å². The lowest BCUT2D eigenvalue weighted by Crippen LogP contribution is -2.04. The van der Waals surface area contributed by atoms with Crippen molar-refractivity contribution in [3.63, 3.8) is 0 Å². The van der Waals surface area contributed by atoms with E-state index < -0.39 is 11.3 Å². The third-order valence-corrected chi connectivity index (χ3v) is 4.36. The zero-order valence-electron chi connectivity index (χ0n) is 10.3. The van der Waals surface area contributed by atoms with Crippen molar-refractivity contribution in [3.8, 4) is 6.07 Å². The molecule has 0 fully saturated rings. The van der Waals surface area contributed by atoms with E-state index in [0.29, 0.717) is 12.0 Å². The minimum Gasteiger partial charge on any atom is -0.755 e. The maximum atomic E-state index is 10.6. The summed E-state index contributed by atoms with van der Waals surface area (Å²) in [5, 5.41) is 11.4. The van der Waals surface area contributed by atoms with Gasteiger partial charge in [-0.3, -0.25) is 4.21 Å². The molecule has 1 unspecified atom stereocenters. The van der Waals surface area contributed by atoms with Crippen molar-refractivity contribution in [1.29, 1.82) is 5.26 Å². The van der Waals surface area contributed by atoms with E-state index in [1.54, 1.807) is 17.4 Å². The summed E-state index contributed by atoms with van der Waals surface area (Å²) in [6.45, 7) is 0. The van der Waals surface area contributed by atoms with Gasteiger partial charge in [0.25, 0.3) is 0 Å². The topological polar surface area (TPSA) is 76.0 Å². The summed E-state index contributed by atoms with van der Waals surface area (Å²) in [4.78, 5) is 1.23. The lowest BCUT2D eigenvalue weighted by molar-refractivity contribution is 0.542. The molecular weight excluding hydrogens is 316 g/mol. The van der Waals surface area contributed by atoms with E-state index in [2.05, 4.69) is 10.8 Å². The number of halogens is 1. The molecule has 0 amide bonds. The third kappa shape index (κ3) is 3.81. The zero-order valence-corrected chi connectivity index (χ0v) is 12.6. The minimum absolute atomic E-state index is 0.219. The molecule has 0 bridgehead atoms. The number of nitrogens with zero attached hydrogens (tertiary/aromatic N) is 1. The second-order valence-electron chi connectivity index (χ2n) is 4.02. The first-order valence-electron chi connectivity index (χ1n) is 5.71. The fourth-order valence-electron chi connectivity index (χ4n) is 1.81. The molecule has 1 atom stereocenters. The van der Waals surface area contributed by atoms with Crippen LogP contribution in [-0.2, 0) is 24.1 Å². The summed E-state index contributed by atoms with van der Waals surface area (Å²) < 4.78 is 23.5. The molecule has 0 aliphatic carbocycles. The molecule has 1 heterocycles. The van der Waals surface area contributed by atoms with Crippen molar-refractivity contribution in [2.45, 2.75) is 12.8 Å². The summed E-state index contributed by atoms with van der Waals surface area (Å²) in [7, 11) is 0. The summed E-state index contributed by atoms with van der Waals surface area (Å²) in [5.41, 5.74) is 1.46. The molecule has 0 saturated heterocycles. The van der Waals surface area contributed by atoms with Gasteiger partial charge in [-0.2, -0.15) is 5.26 Å². The van der Waals surface area contributed by atoms with Crippen LogP contribution in [0.15, 0.2) is 29.6 Å². The van der Waals surface area contributed by atoms with Gasteiger partial charge in [0.05, 0.1) is 22.3 Å². The second-order valence-corrected chi connectivity index (χ2v) is 6.13. The Hall–Kier alpha value is -1.39. The molecule has 4 nitrogen and oxygen atoms in total. The summed E-state index contributed by atoms with van der Waals surface area (Å²) >= 11 is 5.22. The molecular formula is C13H10ClN2O2S2-. The number of anilines is 1. The molecule has 0 aliphatic heterocycles. The highest BCUT2D eigenvalue weighted by Crippen LogP contribution is 2.27. The van der Waals surface area contributed by atoms with E-state index in [4.69, 9.17) is 16.9 Å². The summed E-state index contributed by atoms with van der Waals surface area (Å²) in [6.07, 6.45) is 1.51. The fourth-order valence-corrected chi connectivity index (χ4v) is 3.15. The van der Waals surface area contributed by atoms with Crippen molar-refractivity contribution in [1.82, 2.24) is 0 Å². The predicted octanol–water partition coefficient (Wildman–Crippen LogP) is 3.26. The van der Waals surface area contributed by atoms with Crippen LogP contribution in [-0.4, -0.2) is 8.76 Å². The highest BCUT2D eigenvalue weighted by atomic mass is 35.5. The number of aryl methyl sites for hydroxylation is 2. The van der Waals surface area contributed by atoms with Crippen LogP contribution in [0.5, 0.6) is 0 Å². The molecule has 20 heavy (non-hydrogen) atoms. The molecule has 0 spiro atoms. The maximum absolute atomic E-state index is 10.6. The highest BCUT2D eigenvalue weighted by Gasteiger charge is 2.09. The number of hydrogen-bond donors (Lipinski definition) is 1. The zero-order chi connectivity index (χ0) is 14.5. The van der Waals surface area contributed by atoms with Crippen LogP contribution in [0.2, 0.25) is 5.02 Å². The SMILES string of the molecule is N#Cc1cc(NS(=O)[O-])c(Cl)cc1CCc1cccs1. The summed E-state index contributed by atoms with van der Waals surface area (Å²) in [6, 6.07) is 9.19. The van der Waals surface area contributed by atoms with Gasteiger partial charge in [-0.1, -0.05) is 17.7 Å². The van der Waals surface area contributed by atoms with E-state index in [9.17, 15) is 8.76 Å². The van der Waals surface area contributed by atoms with Crippen LogP contribution in [0.4, 0.5) is 5.69 Å². The Morgan fingerprint density at radius 3 is 2.85 bits per heavy atom. The van der Waals surface area contributed by atoms with Crippen LogP contribution in [0.3, 0.4) is 0 Å². The van der Waals surface area contributed by atoms with Crippen molar-refractivity contribution >= 4 is 39.9 Å². The molecule has 1 N–H and O–H groups in total. The number of benzene rings is 1. The fraction of sp³-hybridized carbons (Fsp3) is 0.154. The Morgan fingerprint density at radius 1 is 1.45 bits per heavy atom. The molecule has 2 aromatic rings. The number of thiophene rings is 1. The van der Waals surface area contributed by atoms with E-state index in [1.807, 2.05) is 17.5 Å². The number of rotatable bonds is 5. The highest BCUT2D eigenvalue weighted by molar-refractivity contribution is 7.80. The molecule has 1 aromatic carbocycles. The monoisotopic (exact) mass is 325 g/mol. The quantitative estimate of drug-likeness (QED) is 0.857. The van der Waals surface area contributed by atoms with Gasteiger partial charge in [0.15, 0.2) is 0 Å². The molecule has 0 aliphatic rings. The Morgan fingerprint density at radius 2 is 2.25 bits per heavy atom. The van der Waals surface area contributed by atoms with Gasteiger partial charge in [-0.15, -0.1) is 11.3 Å². The Bertz CT molecular complexity index is 666. The number of hydrogen-bond acceptors (Lipinski definition) is 4. The Labute approximate surface area is 128 Å². The van der Waals surface area contributed by atoms with Gasteiger partial charge in [0.1, 0.15) is 0 Å². The van der Waals surface area contributed by atoms with Crippen molar-refractivity contribution in [2.75, 3.05) is 4.72 Å². The van der Waals surface area contributed by atoms with Crippen LogP contribution < -0.4 is 4.72 Å². The Balaban J connectivity index is 2.22. The Kier molecular flexibility index (Phi) is 5.15. The van der Waals surface area contributed by atoms with Gasteiger partial charge in [0.2, 0.25) is 0 Å². The van der Waals surface area contributed by atoms with Crippen LogP contribution in [0, 0.1) is 11.3 Å². The molecule has 2 rings (SSSR count). The third-order valence-electron chi connectivity index (χ3n) is 2.73. The largest absolute Gasteiger partial charge is 0.755 e. The number of nitrogens with one attached hydrogen (secondary N) is 1. The van der Waals surface area contributed by atoms with Gasteiger partial charge in [-0.25, -0.2) is 0 Å². The van der Waals surface area contributed by atoms with Crippen molar-refractivity contribution in [3.05, 3.63) is 50.7 Å². The van der Waals surface area contributed by atoms with Crippen LogP contribution in [0.25, 0.3) is 0 Å². The van der Waals surface area contributed by atoms with Gasteiger partial charge in [-0.05, 0) is 42.0 Å². The molecule has 0 saturated carbocycles. The van der Waals surface area contributed by atoms with Gasteiger partial charge in [0, 0.05) is 16.1 Å². The first-order chi connectivity index (χ1) is 9.60. The van der Waals surface area contributed by atoms with E-state index in [-0.39, 0.29) is 10.7 Å². The smallest absolute Gasteiger partial charge is 0.0995 e. The maximum Gasteiger partial charge on any atom is 0.0995 e. The normalized spacial score (nSPS) is 11.8. The first kappa shape index (κ1) is 15.0. The molecule has 7 heteroatoms. The minimum atomic E-state index is -2.46. The average Bonchev–Trinajstić information content (AvgIpc) is 2.91. The van der Waals surface area contributed by atoms with E-state index in [1.165, 1.54) is 10.9 Å². The van der Waals surface area contributed by atoms with Crippen molar-refractivity contribution < 1.29 is 8.76 Å². The van der Waals surface area contributed by atoms with Crippen molar-refractivity contribution in [2.24, 2.45) is 0 Å². The standard InChI is InChI=1S/C13H11ClN2O2S2/c14-12-6-9(3-4-11-2-1-5-19-11)10(8-15)7-13(12)16-20(17)18/h1-2,5-7,16H,3-4H2,(H,17,18)/p-1. The molecule has 1 aromatic heterocycles. The average molecular weight is 326 g/mol. The van der Waals surface area contributed by atoms with Crippen LogP contribution >= 0.6 is 22.9 Å². The lowest BCUT2D eigenvalue weighted by atomic mass is 10.0. The predicted molar refractivity (Wildman–Crippen MR) is 80.4 cm³/mol. The van der Waals surface area contributed by atoms with E-state index in [0.717, 1.165) is 12.0 Å². The molecule has 0 radical (unpaired) electrons. The van der Waals surface area contributed by atoms with Gasteiger partial charge < -0.3 is 9.27 Å². The van der Waals surface area contributed by atoms with Crippen LogP contribution in [0.1, 0.15) is 16.0 Å². The summed E-state index contributed by atoms with van der Waals surface area (Å²) in [5.74, 6) is 0. The second kappa shape index (κ2) is 6.86. The first-order valence-corrected chi connectivity index (χ1v) is 8.04.